The van der Waals surface area contributed by atoms with Crippen LogP contribution >= 0.6 is 0 Å². The molecule has 0 aliphatic carbocycles. The Hall–Kier alpha value is -2.54. The number of Topliss-reactive ketones (excluding diaryl/α,β-unsaturated/α-hetero) is 1. The van der Waals surface area contributed by atoms with Crippen molar-refractivity contribution in [2.24, 2.45) is 11.8 Å². The first kappa shape index (κ1) is 20.7. The second kappa shape index (κ2) is 7.95. The fourth-order valence-electron chi connectivity index (χ4n) is 5.68. The van der Waals surface area contributed by atoms with Crippen LogP contribution in [0.1, 0.15) is 36.5 Å². The van der Waals surface area contributed by atoms with Crippen LogP contribution in [0.3, 0.4) is 0 Å². The number of hydrogen-bond donors (Lipinski definition) is 1. The van der Waals surface area contributed by atoms with E-state index in [9.17, 15) is 9.59 Å². The summed E-state index contributed by atoms with van der Waals surface area (Å²) in [5.41, 5.74) is 1.32. The molecular weight excluding hydrogens is 384 g/mol. The van der Waals surface area contributed by atoms with Crippen molar-refractivity contribution in [3.8, 4) is 5.75 Å². The van der Waals surface area contributed by atoms with Gasteiger partial charge in [0, 0.05) is 24.8 Å². The van der Waals surface area contributed by atoms with Crippen LogP contribution in [0.25, 0.3) is 0 Å². The average molecular weight is 415 g/mol. The zero-order valence-corrected chi connectivity index (χ0v) is 18.1. The Morgan fingerprint density at radius 2 is 2.13 bits per heavy atom. The topological polar surface area (TPSA) is 77.1 Å². The zero-order valence-electron chi connectivity index (χ0n) is 18.1. The summed E-state index contributed by atoms with van der Waals surface area (Å²) >= 11 is 0. The number of nitrogens with one attached hydrogen (secondary N) is 1. The molecule has 1 aromatic rings. The van der Waals surface area contributed by atoms with Gasteiger partial charge >= 0.3 is 5.97 Å². The Balaban J connectivity index is 1.70. The lowest BCUT2D eigenvalue weighted by Crippen LogP contribution is -2.57. The van der Waals surface area contributed by atoms with E-state index in [1.165, 1.54) is 13.4 Å². The summed E-state index contributed by atoms with van der Waals surface area (Å²) in [5.74, 6) is 0.598. The number of anilines is 1. The molecule has 30 heavy (non-hydrogen) atoms. The quantitative estimate of drug-likeness (QED) is 0.451. The molecule has 3 aliphatic heterocycles. The molecule has 7 heteroatoms. The molecule has 2 saturated heterocycles. The number of nitrogens with zero attached hydrogens (tertiary/aromatic N) is 1. The molecule has 0 saturated carbocycles. The molecular formula is C23H30N2O5. The Bertz CT molecular complexity index is 882. The van der Waals surface area contributed by atoms with Crippen molar-refractivity contribution in [2.75, 3.05) is 39.7 Å². The number of methoxy groups -OCH3 is 3. The number of ketones is 1. The van der Waals surface area contributed by atoms with E-state index in [2.05, 4.69) is 17.1 Å². The third-order valence-electron chi connectivity index (χ3n) is 7.14. The second-order valence-corrected chi connectivity index (χ2v) is 8.38. The van der Waals surface area contributed by atoms with Gasteiger partial charge in [-0.25, -0.2) is 4.79 Å². The maximum Gasteiger partial charge on any atom is 0.337 e. The molecule has 2 fully saturated rings. The molecule has 3 aliphatic rings. The van der Waals surface area contributed by atoms with Gasteiger partial charge in [0.15, 0.2) is 5.78 Å². The fourth-order valence-corrected chi connectivity index (χ4v) is 5.68. The van der Waals surface area contributed by atoms with Gasteiger partial charge in [-0.05, 0) is 36.8 Å². The van der Waals surface area contributed by atoms with E-state index in [0.717, 1.165) is 31.6 Å². The minimum Gasteiger partial charge on any atom is -0.504 e. The number of hydrogen-bond acceptors (Lipinski definition) is 7. The Labute approximate surface area is 177 Å². The van der Waals surface area contributed by atoms with E-state index in [-0.39, 0.29) is 23.7 Å². The molecule has 1 aromatic carbocycles. The number of carbonyl (C=O) groups is 2. The van der Waals surface area contributed by atoms with E-state index in [4.69, 9.17) is 14.2 Å². The zero-order chi connectivity index (χ0) is 21.5. The molecule has 1 N–H and O–H groups in total. The normalized spacial score (nSPS) is 30.6. The third kappa shape index (κ3) is 2.98. The summed E-state index contributed by atoms with van der Waals surface area (Å²) in [6.45, 7) is 3.84. The van der Waals surface area contributed by atoms with E-state index < -0.39 is 5.54 Å². The highest BCUT2D eigenvalue weighted by Crippen LogP contribution is 2.50. The smallest absolute Gasteiger partial charge is 0.337 e. The summed E-state index contributed by atoms with van der Waals surface area (Å²) in [5, 5.41) is 3.56. The van der Waals surface area contributed by atoms with Crippen LogP contribution in [-0.4, -0.2) is 62.7 Å². The predicted molar refractivity (Wildman–Crippen MR) is 113 cm³/mol. The predicted octanol–water partition coefficient (Wildman–Crippen LogP) is 2.87. The summed E-state index contributed by atoms with van der Waals surface area (Å²) in [4.78, 5) is 28.6. The van der Waals surface area contributed by atoms with E-state index >= 15 is 0 Å². The molecule has 0 unspecified atom stereocenters. The van der Waals surface area contributed by atoms with Gasteiger partial charge in [0.1, 0.15) is 11.3 Å². The highest BCUT2D eigenvalue weighted by Gasteiger charge is 2.59. The van der Waals surface area contributed by atoms with Gasteiger partial charge in [0.05, 0.1) is 38.7 Å². The molecule has 162 valence electrons. The highest BCUT2D eigenvalue weighted by atomic mass is 16.5. The van der Waals surface area contributed by atoms with Gasteiger partial charge in [-0.2, -0.15) is 0 Å². The average Bonchev–Trinajstić information content (AvgIpc) is 3.28. The van der Waals surface area contributed by atoms with Crippen molar-refractivity contribution in [3.63, 3.8) is 0 Å². The molecule has 7 nitrogen and oxygen atoms in total. The maximum atomic E-state index is 13.7. The minimum absolute atomic E-state index is 0.0141. The summed E-state index contributed by atoms with van der Waals surface area (Å²) in [7, 11) is 4.53. The van der Waals surface area contributed by atoms with Gasteiger partial charge in [0.2, 0.25) is 0 Å². The maximum absolute atomic E-state index is 13.7. The molecule has 1 spiro atoms. The molecule has 4 rings (SSSR count). The van der Waals surface area contributed by atoms with Crippen molar-refractivity contribution < 1.29 is 23.8 Å². The van der Waals surface area contributed by atoms with Crippen molar-refractivity contribution in [1.29, 1.82) is 0 Å². The van der Waals surface area contributed by atoms with E-state index in [1.807, 2.05) is 18.2 Å². The van der Waals surface area contributed by atoms with Gasteiger partial charge in [-0.3, -0.25) is 9.69 Å². The molecule has 3 heterocycles. The Kier molecular flexibility index (Phi) is 5.49. The second-order valence-electron chi connectivity index (χ2n) is 8.38. The number of esters is 1. The van der Waals surface area contributed by atoms with Gasteiger partial charge in [-0.15, -0.1) is 0 Å². The molecule has 4 atom stereocenters. The van der Waals surface area contributed by atoms with Crippen molar-refractivity contribution in [2.45, 2.75) is 37.8 Å². The lowest BCUT2D eigenvalue weighted by atomic mass is 9.72. The molecule has 0 radical (unpaired) electrons. The Morgan fingerprint density at radius 1 is 1.33 bits per heavy atom. The van der Waals surface area contributed by atoms with Crippen LogP contribution in [0, 0.1) is 11.8 Å². The molecule has 0 amide bonds. The number of carbonyl (C=O) groups excluding carboxylic acids is 2. The molecule has 0 bridgehead atoms. The first-order chi connectivity index (χ1) is 14.5. The van der Waals surface area contributed by atoms with Crippen molar-refractivity contribution in [1.82, 2.24) is 4.90 Å². The third-order valence-corrected chi connectivity index (χ3v) is 7.14. The Morgan fingerprint density at radius 3 is 2.80 bits per heavy atom. The number of fused-ring (bicyclic) bond motifs is 3. The van der Waals surface area contributed by atoms with Crippen LogP contribution in [-0.2, 0) is 14.3 Å². The lowest BCUT2D eigenvalue weighted by molar-refractivity contribution is -0.137. The summed E-state index contributed by atoms with van der Waals surface area (Å²) in [6, 6.07) is 5.65. The van der Waals surface area contributed by atoms with Gasteiger partial charge < -0.3 is 19.5 Å². The number of benzene rings is 1. The van der Waals surface area contributed by atoms with E-state index in [0.29, 0.717) is 29.2 Å². The van der Waals surface area contributed by atoms with Crippen LogP contribution in [0.5, 0.6) is 5.75 Å². The van der Waals surface area contributed by atoms with Crippen molar-refractivity contribution >= 4 is 17.4 Å². The first-order valence-corrected chi connectivity index (χ1v) is 10.6. The first-order valence-electron chi connectivity index (χ1n) is 10.6. The van der Waals surface area contributed by atoms with Crippen LogP contribution in [0.2, 0.25) is 0 Å². The van der Waals surface area contributed by atoms with Gasteiger partial charge in [-0.1, -0.05) is 19.4 Å². The molecule has 0 aromatic heterocycles. The fraction of sp³-hybridized carbons (Fsp3) is 0.565. The largest absolute Gasteiger partial charge is 0.504 e. The SMILES string of the molecule is CC[C@H]1CN2CC[C@]3(Nc4cccc(OC)c4C3=O)[C@@H]2C[C@@H]1/C(=C\OC)C(=O)OC. The van der Waals surface area contributed by atoms with Crippen LogP contribution < -0.4 is 10.1 Å². The standard InChI is InChI=1S/C23H30N2O5/c1-5-14-12-25-10-9-23(19(25)11-15(14)16(13-28-2)22(27)30-4)21(26)20-17(24-23)7-6-8-18(20)29-3/h6-8,13-15,19,24H,5,9-12H2,1-4H3/b16-13+/t14-,15-,19-,23-/m0/s1. The summed E-state index contributed by atoms with van der Waals surface area (Å²) < 4.78 is 15.7. The highest BCUT2D eigenvalue weighted by molar-refractivity contribution is 6.16. The lowest BCUT2D eigenvalue weighted by Gasteiger charge is -2.45. The number of rotatable bonds is 5. The number of piperidine rings is 1. The van der Waals surface area contributed by atoms with Crippen LogP contribution in [0.4, 0.5) is 5.69 Å². The van der Waals surface area contributed by atoms with Crippen LogP contribution in [0.15, 0.2) is 30.0 Å². The minimum atomic E-state index is -0.692. The summed E-state index contributed by atoms with van der Waals surface area (Å²) in [6.07, 6.45) is 3.88. The monoisotopic (exact) mass is 414 g/mol. The van der Waals surface area contributed by atoms with Gasteiger partial charge in [0.25, 0.3) is 0 Å². The number of ether oxygens (including phenoxy) is 3. The van der Waals surface area contributed by atoms with E-state index in [1.54, 1.807) is 14.2 Å². The van der Waals surface area contributed by atoms with Crippen molar-refractivity contribution in [3.05, 3.63) is 35.6 Å².